The lowest BCUT2D eigenvalue weighted by Gasteiger charge is -2.12. The Hall–Kier alpha value is -3.01. The molecule has 0 fully saturated rings. The highest BCUT2D eigenvalue weighted by Gasteiger charge is 2.18. The number of carboxylic acids is 1. The summed E-state index contributed by atoms with van der Waals surface area (Å²) < 4.78 is 13.1. The number of carboxylic acid groups (broad SMARTS) is 1. The maximum atomic E-state index is 13.1. The normalized spacial score (nSPS) is 10.2. The third-order valence-corrected chi connectivity index (χ3v) is 3.85. The van der Waals surface area contributed by atoms with Crippen LogP contribution in [0.25, 0.3) is 0 Å². The second-order valence-electron chi connectivity index (χ2n) is 5.05. The van der Waals surface area contributed by atoms with Gasteiger partial charge in [0.2, 0.25) is 0 Å². The molecule has 3 N–H and O–H groups in total. The highest BCUT2D eigenvalue weighted by Crippen LogP contribution is 2.16. The second kappa shape index (κ2) is 8.20. The van der Waals surface area contributed by atoms with Crippen molar-refractivity contribution in [3.8, 4) is 0 Å². The monoisotopic (exact) mass is 366 g/mol. The summed E-state index contributed by atoms with van der Waals surface area (Å²) in [7, 11) is 1.34. The molecule has 0 bridgehead atoms. The fourth-order valence-electron chi connectivity index (χ4n) is 1.89. The van der Waals surface area contributed by atoms with Crippen LogP contribution in [0.3, 0.4) is 0 Å². The quantitative estimate of drug-likeness (QED) is 0.697. The van der Waals surface area contributed by atoms with Gasteiger partial charge in [0, 0.05) is 19.0 Å². The predicted molar refractivity (Wildman–Crippen MR) is 88.5 cm³/mol. The van der Waals surface area contributed by atoms with Crippen molar-refractivity contribution in [2.45, 2.75) is 13.1 Å². The SMILES string of the molecule is CN(Cc1csc(NC(=O)NCc2cccc(F)c2)n1)C(=O)C(=O)O. The van der Waals surface area contributed by atoms with Gasteiger partial charge in [0.15, 0.2) is 5.13 Å². The molecule has 25 heavy (non-hydrogen) atoms. The molecule has 0 aliphatic carbocycles. The van der Waals surface area contributed by atoms with Crippen LogP contribution in [-0.4, -0.2) is 39.9 Å². The minimum absolute atomic E-state index is 0.00816. The first kappa shape index (κ1) is 18.3. The molecule has 2 rings (SSSR count). The fraction of sp³-hybridized carbons (Fsp3) is 0.200. The molecule has 1 heterocycles. The van der Waals surface area contributed by atoms with Crippen LogP contribution in [0.15, 0.2) is 29.6 Å². The fourth-order valence-corrected chi connectivity index (χ4v) is 2.58. The average Bonchev–Trinajstić information content (AvgIpc) is 2.99. The topological polar surface area (TPSA) is 112 Å². The summed E-state index contributed by atoms with van der Waals surface area (Å²) in [5.41, 5.74) is 1.06. The molecule has 132 valence electrons. The molecule has 0 aliphatic heterocycles. The van der Waals surface area contributed by atoms with Gasteiger partial charge in [0.25, 0.3) is 0 Å². The third-order valence-electron chi connectivity index (χ3n) is 3.04. The molecule has 0 atom stereocenters. The van der Waals surface area contributed by atoms with E-state index in [2.05, 4.69) is 15.6 Å². The summed E-state index contributed by atoms with van der Waals surface area (Å²) in [6.45, 7) is 0.159. The van der Waals surface area contributed by atoms with Crippen LogP contribution < -0.4 is 10.6 Å². The highest BCUT2D eigenvalue weighted by molar-refractivity contribution is 7.13. The summed E-state index contributed by atoms with van der Waals surface area (Å²) in [5.74, 6) is -2.98. The zero-order chi connectivity index (χ0) is 18.4. The van der Waals surface area contributed by atoms with E-state index in [0.29, 0.717) is 16.4 Å². The number of carbonyl (C=O) groups is 3. The van der Waals surface area contributed by atoms with E-state index in [0.717, 1.165) is 16.2 Å². The van der Waals surface area contributed by atoms with Gasteiger partial charge in [-0.05, 0) is 17.7 Å². The molecule has 0 spiro atoms. The van der Waals surface area contributed by atoms with Crippen molar-refractivity contribution in [2.75, 3.05) is 12.4 Å². The largest absolute Gasteiger partial charge is 0.474 e. The first-order valence-electron chi connectivity index (χ1n) is 7.07. The Morgan fingerprint density at radius 2 is 2.12 bits per heavy atom. The number of amides is 3. The van der Waals surface area contributed by atoms with Gasteiger partial charge in [-0.2, -0.15) is 0 Å². The van der Waals surface area contributed by atoms with E-state index < -0.39 is 17.9 Å². The number of aromatic nitrogens is 1. The Bertz CT molecular complexity index is 795. The Labute approximate surface area is 146 Å². The van der Waals surface area contributed by atoms with Gasteiger partial charge in [-0.1, -0.05) is 12.1 Å². The van der Waals surface area contributed by atoms with Crippen LogP contribution in [0.4, 0.5) is 14.3 Å². The van der Waals surface area contributed by atoms with Crippen molar-refractivity contribution in [1.82, 2.24) is 15.2 Å². The second-order valence-corrected chi connectivity index (χ2v) is 5.91. The molecule has 0 aliphatic rings. The van der Waals surface area contributed by atoms with Gasteiger partial charge in [-0.3, -0.25) is 10.1 Å². The van der Waals surface area contributed by atoms with Gasteiger partial charge < -0.3 is 15.3 Å². The maximum Gasteiger partial charge on any atom is 0.394 e. The van der Waals surface area contributed by atoms with E-state index in [1.54, 1.807) is 17.5 Å². The van der Waals surface area contributed by atoms with Crippen molar-refractivity contribution in [3.05, 3.63) is 46.7 Å². The van der Waals surface area contributed by atoms with E-state index in [1.807, 2.05) is 0 Å². The van der Waals surface area contributed by atoms with E-state index in [9.17, 15) is 18.8 Å². The number of urea groups is 1. The lowest BCUT2D eigenvalue weighted by Crippen LogP contribution is -2.32. The van der Waals surface area contributed by atoms with E-state index in [-0.39, 0.29) is 18.9 Å². The zero-order valence-electron chi connectivity index (χ0n) is 13.2. The van der Waals surface area contributed by atoms with Crippen molar-refractivity contribution < 1.29 is 23.9 Å². The standard InChI is InChI=1S/C15H15FN4O4S/c1-20(12(21)13(22)23)7-11-8-25-15(18-11)19-14(24)17-6-9-3-2-4-10(16)5-9/h2-5,8H,6-7H2,1H3,(H,22,23)(H2,17,18,19,24). The Morgan fingerprint density at radius 1 is 1.36 bits per heavy atom. The first-order valence-corrected chi connectivity index (χ1v) is 7.95. The third kappa shape index (κ3) is 5.53. The number of nitrogens with zero attached hydrogens (tertiary/aromatic N) is 2. The smallest absolute Gasteiger partial charge is 0.394 e. The summed E-state index contributed by atoms with van der Waals surface area (Å²) in [6.07, 6.45) is 0. The Morgan fingerprint density at radius 3 is 2.80 bits per heavy atom. The number of halogens is 1. The van der Waals surface area contributed by atoms with Gasteiger partial charge in [0.05, 0.1) is 12.2 Å². The minimum Gasteiger partial charge on any atom is -0.474 e. The van der Waals surface area contributed by atoms with Crippen molar-refractivity contribution in [1.29, 1.82) is 0 Å². The molecule has 0 saturated carbocycles. The van der Waals surface area contributed by atoms with Gasteiger partial charge in [-0.15, -0.1) is 11.3 Å². The first-order chi connectivity index (χ1) is 11.8. The molecule has 0 unspecified atom stereocenters. The summed E-state index contributed by atoms with van der Waals surface area (Å²) in [6, 6.07) is 5.34. The lowest BCUT2D eigenvalue weighted by molar-refractivity contribution is -0.155. The van der Waals surface area contributed by atoms with Crippen molar-refractivity contribution >= 4 is 34.4 Å². The molecule has 3 amide bonds. The van der Waals surface area contributed by atoms with Crippen LogP contribution >= 0.6 is 11.3 Å². The maximum absolute atomic E-state index is 13.1. The number of nitrogens with one attached hydrogen (secondary N) is 2. The molecule has 2 aromatic rings. The molecular formula is C15H15FN4O4S. The molecule has 1 aromatic carbocycles. The molecule has 0 saturated heterocycles. The van der Waals surface area contributed by atoms with Crippen molar-refractivity contribution in [3.63, 3.8) is 0 Å². The van der Waals surface area contributed by atoms with E-state index in [1.165, 1.54) is 19.2 Å². The number of rotatable bonds is 5. The number of hydrogen-bond acceptors (Lipinski definition) is 5. The molecule has 1 aromatic heterocycles. The zero-order valence-corrected chi connectivity index (χ0v) is 14.0. The van der Waals surface area contributed by atoms with Crippen molar-refractivity contribution in [2.24, 2.45) is 0 Å². The lowest BCUT2D eigenvalue weighted by atomic mass is 10.2. The molecule has 8 nitrogen and oxygen atoms in total. The number of aliphatic carboxylic acids is 1. The molecule has 10 heteroatoms. The number of benzene rings is 1. The Balaban J connectivity index is 1.84. The van der Waals surface area contributed by atoms with Gasteiger partial charge in [-0.25, -0.2) is 19.0 Å². The van der Waals surface area contributed by atoms with Gasteiger partial charge in [0.1, 0.15) is 5.82 Å². The van der Waals surface area contributed by atoms with Crippen LogP contribution in [0.5, 0.6) is 0 Å². The number of hydrogen-bond donors (Lipinski definition) is 3. The van der Waals surface area contributed by atoms with E-state index in [4.69, 9.17) is 5.11 Å². The van der Waals surface area contributed by atoms with E-state index >= 15 is 0 Å². The number of thiazole rings is 1. The van der Waals surface area contributed by atoms with Crippen LogP contribution in [-0.2, 0) is 22.7 Å². The number of anilines is 1. The van der Waals surface area contributed by atoms with Crippen LogP contribution in [0, 0.1) is 5.82 Å². The number of likely N-dealkylation sites (N-methyl/N-ethyl adjacent to an activating group) is 1. The summed E-state index contributed by atoms with van der Waals surface area (Å²) in [4.78, 5) is 38.8. The van der Waals surface area contributed by atoms with Crippen LogP contribution in [0.1, 0.15) is 11.3 Å². The van der Waals surface area contributed by atoms with Gasteiger partial charge >= 0.3 is 17.9 Å². The minimum atomic E-state index is -1.55. The predicted octanol–water partition coefficient (Wildman–Crippen LogP) is 1.65. The average molecular weight is 366 g/mol. The summed E-state index contributed by atoms with van der Waals surface area (Å²) >= 11 is 1.14. The van der Waals surface area contributed by atoms with Crippen LogP contribution in [0.2, 0.25) is 0 Å². The molecular weight excluding hydrogens is 351 g/mol. The Kier molecular flexibility index (Phi) is 6.01. The highest BCUT2D eigenvalue weighted by atomic mass is 32.1. The summed E-state index contributed by atoms with van der Waals surface area (Å²) in [5, 5.41) is 15.6. The molecule has 0 radical (unpaired) electrons. The number of carbonyl (C=O) groups excluding carboxylic acids is 2.